The van der Waals surface area contributed by atoms with Gasteiger partial charge in [0.25, 0.3) is 0 Å². The van der Waals surface area contributed by atoms with E-state index in [1.165, 1.54) is 7.11 Å². The van der Waals surface area contributed by atoms with Gasteiger partial charge in [0.05, 0.1) is 13.5 Å². The topological polar surface area (TPSA) is 73.9 Å². The molecule has 20 heavy (non-hydrogen) atoms. The summed E-state index contributed by atoms with van der Waals surface area (Å²) in [6.45, 7) is 2.89. The van der Waals surface area contributed by atoms with Crippen molar-refractivity contribution in [2.24, 2.45) is 0 Å². The monoisotopic (exact) mass is 279 g/mol. The maximum absolute atomic E-state index is 11.8. The molecule has 0 atom stereocenters. The molecule has 0 radical (unpaired) electrons. The normalized spacial score (nSPS) is 12.7. The predicted octanol–water partition coefficient (Wildman–Crippen LogP) is 1.66. The standard InChI is InChI=1S/C14H17NO5/c1-9-7-11-12(20-6-5-19-11)8-10(9)15-13(16)3-4-14(17)18-2/h7-8H,3-6H2,1-2H3,(H,15,16). The van der Waals surface area contributed by atoms with Crippen LogP contribution < -0.4 is 14.8 Å². The van der Waals surface area contributed by atoms with E-state index in [1.54, 1.807) is 6.07 Å². The van der Waals surface area contributed by atoms with Crippen LogP contribution in [0.3, 0.4) is 0 Å². The zero-order chi connectivity index (χ0) is 14.5. The van der Waals surface area contributed by atoms with E-state index in [2.05, 4.69) is 10.1 Å². The molecule has 1 aliphatic heterocycles. The number of rotatable bonds is 4. The number of methoxy groups -OCH3 is 1. The van der Waals surface area contributed by atoms with Gasteiger partial charge in [-0.2, -0.15) is 0 Å². The summed E-state index contributed by atoms with van der Waals surface area (Å²) in [5.41, 5.74) is 1.53. The van der Waals surface area contributed by atoms with E-state index in [9.17, 15) is 9.59 Å². The Morgan fingerprint density at radius 2 is 1.85 bits per heavy atom. The fraction of sp³-hybridized carbons (Fsp3) is 0.429. The molecule has 1 amide bonds. The minimum Gasteiger partial charge on any atom is -0.486 e. The molecule has 1 heterocycles. The number of anilines is 1. The molecular weight excluding hydrogens is 262 g/mol. The minimum absolute atomic E-state index is 0.0614. The molecule has 0 unspecified atom stereocenters. The Kier molecular flexibility index (Phi) is 4.45. The number of carbonyl (C=O) groups excluding carboxylic acids is 2. The summed E-state index contributed by atoms with van der Waals surface area (Å²) < 4.78 is 15.4. The van der Waals surface area contributed by atoms with Crippen molar-refractivity contribution in [1.29, 1.82) is 0 Å². The molecule has 0 bridgehead atoms. The first-order chi connectivity index (χ1) is 9.60. The number of esters is 1. The number of benzene rings is 1. The Morgan fingerprint density at radius 1 is 1.20 bits per heavy atom. The van der Waals surface area contributed by atoms with Gasteiger partial charge in [0, 0.05) is 18.2 Å². The Labute approximate surface area is 117 Å². The van der Waals surface area contributed by atoms with E-state index in [1.807, 2.05) is 13.0 Å². The first-order valence-corrected chi connectivity index (χ1v) is 6.37. The van der Waals surface area contributed by atoms with E-state index < -0.39 is 5.97 Å². The summed E-state index contributed by atoms with van der Waals surface area (Å²) in [6.07, 6.45) is 0.145. The lowest BCUT2D eigenvalue weighted by Gasteiger charge is -2.20. The van der Waals surface area contributed by atoms with Gasteiger partial charge < -0.3 is 19.5 Å². The number of ether oxygens (including phenoxy) is 3. The number of aryl methyl sites for hydroxylation is 1. The van der Waals surface area contributed by atoms with Gasteiger partial charge in [-0.3, -0.25) is 9.59 Å². The number of fused-ring (bicyclic) bond motifs is 1. The highest BCUT2D eigenvalue weighted by Gasteiger charge is 2.15. The first kappa shape index (κ1) is 14.2. The van der Waals surface area contributed by atoms with Crippen LogP contribution in [0.15, 0.2) is 12.1 Å². The maximum Gasteiger partial charge on any atom is 0.306 e. The number of amides is 1. The molecule has 0 aliphatic carbocycles. The molecule has 1 aliphatic rings. The van der Waals surface area contributed by atoms with Crippen LogP contribution in [0.2, 0.25) is 0 Å². The minimum atomic E-state index is -0.404. The quantitative estimate of drug-likeness (QED) is 0.848. The highest BCUT2D eigenvalue weighted by atomic mass is 16.6. The molecule has 1 aromatic rings. The van der Waals surface area contributed by atoms with Gasteiger partial charge in [-0.05, 0) is 18.6 Å². The SMILES string of the molecule is COC(=O)CCC(=O)Nc1cc2c(cc1C)OCCO2. The second-order valence-electron chi connectivity index (χ2n) is 4.44. The second kappa shape index (κ2) is 6.27. The Balaban J connectivity index is 2.02. The summed E-state index contributed by atoms with van der Waals surface area (Å²) in [5, 5.41) is 2.76. The van der Waals surface area contributed by atoms with E-state index >= 15 is 0 Å². The zero-order valence-corrected chi connectivity index (χ0v) is 11.5. The molecule has 6 heteroatoms. The van der Waals surface area contributed by atoms with Crippen molar-refractivity contribution in [2.45, 2.75) is 19.8 Å². The summed E-state index contributed by atoms with van der Waals surface area (Å²) in [5.74, 6) is 0.653. The van der Waals surface area contributed by atoms with E-state index in [0.717, 1.165) is 5.56 Å². The van der Waals surface area contributed by atoms with Crippen LogP contribution in [-0.4, -0.2) is 32.2 Å². The lowest BCUT2D eigenvalue weighted by molar-refractivity contribution is -0.141. The number of nitrogens with one attached hydrogen (secondary N) is 1. The Morgan fingerprint density at radius 3 is 2.50 bits per heavy atom. The molecule has 0 spiro atoms. The zero-order valence-electron chi connectivity index (χ0n) is 11.5. The predicted molar refractivity (Wildman–Crippen MR) is 72.0 cm³/mol. The van der Waals surface area contributed by atoms with Crippen molar-refractivity contribution in [3.63, 3.8) is 0 Å². The van der Waals surface area contributed by atoms with E-state index in [4.69, 9.17) is 9.47 Å². The van der Waals surface area contributed by atoms with Crippen molar-refractivity contribution in [3.05, 3.63) is 17.7 Å². The van der Waals surface area contributed by atoms with Crippen molar-refractivity contribution in [3.8, 4) is 11.5 Å². The largest absolute Gasteiger partial charge is 0.486 e. The molecule has 2 rings (SSSR count). The fourth-order valence-corrected chi connectivity index (χ4v) is 1.86. The van der Waals surface area contributed by atoms with Gasteiger partial charge in [-0.15, -0.1) is 0 Å². The first-order valence-electron chi connectivity index (χ1n) is 6.37. The molecule has 1 N–H and O–H groups in total. The third kappa shape index (κ3) is 3.40. The van der Waals surface area contributed by atoms with Crippen LogP contribution in [0.4, 0.5) is 5.69 Å². The van der Waals surface area contributed by atoms with Crippen LogP contribution >= 0.6 is 0 Å². The van der Waals surface area contributed by atoms with Crippen molar-refractivity contribution in [1.82, 2.24) is 0 Å². The molecule has 0 aromatic heterocycles. The smallest absolute Gasteiger partial charge is 0.306 e. The Bertz CT molecular complexity index is 527. The van der Waals surface area contributed by atoms with Gasteiger partial charge >= 0.3 is 5.97 Å². The van der Waals surface area contributed by atoms with Crippen molar-refractivity contribution >= 4 is 17.6 Å². The number of hydrogen-bond donors (Lipinski definition) is 1. The molecule has 108 valence electrons. The molecule has 1 aromatic carbocycles. The molecule has 6 nitrogen and oxygen atoms in total. The average molecular weight is 279 g/mol. The highest BCUT2D eigenvalue weighted by Crippen LogP contribution is 2.35. The second-order valence-corrected chi connectivity index (χ2v) is 4.44. The fourth-order valence-electron chi connectivity index (χ4n) is 1.86. The maximum atomic E-state index is 11.8. The van der Waals surface area contributed by atoms with Gasteiger partial charge in [-0.25, -0.2) is 0 Å². The summed E-state index contributed by atoms with van der Waals surface area (Å²) in [4.78, 5) is 22.8. The van der Waals surface area contributed by atoms with Crippen LogP contribution in [0.5, 0.6) is 11.5 Å². The number of hydrogen-bond acceptors (Lipinski definition) is 5. The molecular formula is C14H17NO5. The van der Waals surface area contributed by atoms with Gasteiger partial charge in [0.1, 0.15) is 13.2 Å². The van der Waals surface area contributed by atoms with Crippen LogP contribution in [0.25, 0.3) is 0 Å². The van der Waals surface area contributed by atoms with Crippen molar-refractivity contribution < 1.29 is 23.8 Å². The summed E-state index contributed by atoms with van der Waals surface area (Å²) in [6, 6.07) is 3.56. The highest BCUT2D eigenvalue weighted by molar-refractivity contribution is 5.93. The molecule has 0 fully saturated rings. The van der Waals surface area contributed by atoms with Crippen molar-refractivity contribution in [2.75, 3.05) is 25.6 Å². The molecule has 0 saturated carbocycles. The number of carbonyl (C=O) groups is 2. The average Bonchev–Trinajstić information content (AvgIpc) is 2.45. The summed E-state index contributed by atoms with van der Waals surface area (Å²) in [7, 11) is 1.30. The Hall–Kier alpha value is -2.24. The van der Waals surface area contributed by atoms with Gasteiger partial charge in [-0.1, -0.05) is 0 Å². The van der Waals surface area contributed by atoms with Crippen LogP contribution in [-0.2, 0) is 14.3 Å². The third-order valence-corrected chi connectivity index (χ3v) is 2.95. The van der Waals surface area contributed by atoms with E-state index in [0.29, 0.717) is 30.4 Å². The van der Waals surface area contributed by atoms with Gasteiger partial charge in [0.2, 0.25) is 5.91 Å². The third-order valence-electron chi connectivity index (χ3n) is 2.95. The van der Waals surface area contributed by atoms with Crippen LogP contribution in [0, 0.1) is 6.92 Å². The van der Waals surface area contributed by atoms with Crippen LogP contribution in [0.1, 0.15) is 18.4 Å². The van der Waals surface area contributed by atoms with E-state index in [-0.39, 0.29) is 18.7 Å². The summed E-state index contributed by atoms with van der Waals surface area (Å²) >= 11 is 0. The lowest BCUT2D eigenvalue weighted by atomic mass is 10.1. The van der Waals surface area contributed by atoms with Gasteiger partial charge in [0.15, 0.2) is 11.5 Å². The lowest BCUT2D eigenvalue weighted by Crippen LogP contribution is -2.17. The molecule has 0 saturated heterocycles.